The van der Waals surface area contributed by atoms with Crippen LogP contribution in [0.15, 0.2) is 23.7 Å². The number of ether oxygens (including phenoxy) is 1. The lowest BCUT2D eigenvalue weighted by atomic mass is 10.4. The van der Waals surface area contributed by atoms with Crippen molar-refractivity contribution in [3.8, 4) is 0 Å². The van der Waals surface area contributed by atoms with Gasteiger partial charge in [0.2, 0.25) is 0 Å². The number of esters is 1. The molecular weight excluding hydrogens is 262 g/mol. The van der Waals surface area contributed by atoms with Crippen molar-refractivity contribution in [2.75, 3.05) is 6.61 Å². The number of rotatable bonds is 5. The lowest BCUT2D eigenvalue weighted by Gasteiger charge is -2.00. The molecule has 2 aromatic heterocycles. The second-order valence-electron chi connectivity index (χ2n) is 4.95. The molecule has 2 unspecified atom stereocenters. The molecule has 1 aliphatic carbocycles. The van der Waals surface area contributed by atoms with Gasteiger partial charge in [-0.15, -0.1) is 16.4 Å². The Morgan fingerprint density at radius 3 is 3.16 bits per heavy atom. The zero-order valence-corrected chi connectivity index (χ0v) is 11.5. The maximum Gasteiger partial charge on any atom is 0.360 e. The van der Waals surface area contributed by atoms with Crippen LogP contribution in [-0.4, -0.2) is 27.6 Å². The SMILES string of the molecule is CC1CC1COC(=O)c1cn(Cc2cccs2)nn1. The fourth-order valence-electron chi connectivity index (χ4n) is 1.92. The van der Waals surface area contributed by atoms with Crippen molar-refractivity contribution in [1.82, 2.24) is 15.0 Å². The molecule has 3 rings (SSSR count). The van der Waals surface area contributed by atoms with Gasteiger partial charge in [0.05, 0.1) is 19.3 Å². The largest absolute Gasteiger partial charge is 0.461 e. The van der Waals surface area contributed by atoms with Crippen molar-refractivity contribution < 1.29 is 9.53 Å². The second kappa shape index (κ2) is 5.13. The van der Waals surface area contributed by atoms with Crippen LogP contribution in [0.2, 0.25) is 0 Å². The first-order valence-corrected chi connectivity index (χ1v) is 7.20. The molecule has 5 nitrogen and oxygen atoms in total. The van der Waals surface area contributed by atoms with E-state index in [0.29, 0.717) is 25.0 Å². The molecule has 6 heteroatoms. The molecule has 0 aromatic carbocycles. The first kappa shape index (κ1) is 12.3. The quantitative estimate of drug-likeness (QED) is 0.786. The summed E-state index contributed by atoms with van der Waals surface area (Å²) >= 11 is 1.65. The van der Waals surface area contributed by atoms with Crippen LogP contribution in [0.3, 0.4) is 0 Å². The van der Waals surface area contributed by atoms with Gasteiger partial charge in [0.1, 0.15) is 0 Å². The van der Waals surface area contributed by atoms with Crippen LogP contribution in [-0.2, 0) is 11.3 Å². The molecule has 1 aliphatic rings. The average Bonchev–Trinajstić information content (AvgIpc) is 2.87. The first-order valence-electron chi connectivity index (χ1n) is 6.32. The van der Waals surface area contributed by atoms with Gasteiger partial charge >= 0.3 is 5.97 Å². The zero-order valence-electron chi connectivity index (χ0n) is 10.7. The van der Waals surface area contributed by atoms with Crippen LogP contribution in [0, 0.1) is 11.8 Å². The van der Waals surface area contributed by atoms with E-state index in [1.54, 1.807) is 22.2 Å². The number of hydrogen-bond acceptors (Lipinski definition) is 5. The number of hydrogen-bond donors (Lipinski definition) is 0. The van der Waals surface area contributed by atoms with E-state index in [-0.39, 0.29) is 11.7 Å². The maximum atomic E-state index is 11.8. The topological polar surface area (TPSA) is 57.0 Å². The van der Waals surface area contributed by atoms with E-state index in [4.69, 9.17) is 4.74 Å². The first-order chi connectivity index (χ1) is 9.22. The standard InChI is InChI=1S/C13H15N3O2S/c1-9-5-10(9)8-18-13(17)12-7-16(15-14-12)6-11-3-2-4-19-11/h2-4,7,9-10H,5-6,8H2,1H3. The molecule has 0 aliphatic heterocycles. The molecule has 0 spiro atoms. The van der Waals surface area contributed by atoms with Gasteiger partial charge in [0, 0.05) is 4.88 Å². The van der Waals surface area contributed by atoms with Gasteiger partial charge in [-0.25, -0.2) is 9.48 Å². The minimum atomic E-state index is -0.378. The molecule has 19 heavy (non-hydrogen) atoms. The second-order valence-corrected chi connectivity index (χ2v) is 5.98. The van der Waals surface area contributed by atoms with Crippen molar-refractivity contribution in [2.45, 2.75) is 19.9 Å². The van der Waals surface area contributed by atoms with Gasteiger partial charge in [0.15, 0.2) is 5.69 Å². The molecule has 2 aromatic rings. The minimum Gasteiger partial charge on any atom is -0.461 e. The molecule has 2 heterocycles. The van der Waals surface area contributed by atoms with E-state index < -0.39 is 0 Å². The molecule has 2 atom stereocenters. The monoisotopic (exact) mass is 277 g/mol. The summed E-state index contributed by atoms with van der Waals surface area (Å²) in [5.41, 5.74) is 0.282. The highest BCUT2D eigenvalue weighted by Gasteiger charge is 2.33. The van der Waals surface area contributed by atoms with Crippen LogP contribution in [0.4, 0.5) is 0 Å². The summed E-state index contributed by atoms with van der Waals surface area (Å²) in [6, 6.07) is 4.02. The van der Waals surface area contributed by atoms with E-state index in [9.17, 15) is 4.79 Å². The third-order valence-electron chi connectivity index (χ3n) is 3.35. The molecule has 100 valence electrons. The smallest absolute Gasteiger partial charge is 0.360 e. The fourth-order valence-corrected chi connectivity index (χ4v) is 2.62. The highest BCUT2D eigenvalue weighted by Crippen LogP contribution is 2.37. The van der Waals surface area contributed by atoms with E-state index in [2.05, 4.69) is 17.2 Å². The molecule has 0 radical (unpaired) electrons. The number of aromatic nitrogens is 3. The van der Waals surface area contributed by atoms with Gasteiger partial charge in [-0.3, -0.25) is 0 Å². The van der Waals surface area contributed by atoms with Crippen molar-refractivity contribution in [1.29, 1.82) is 0 Å². The van der Waals surface area contributed by atoms with Gasteiger partial charge in [0.25, 0.3) is 0 Å². The Labute approximate surface area is 115 Å². The van der Waals surface area contributed by atoms with Crippen molar-refractivity contribution >= 4 is 17.3 Å². The van der Waals surface area contributed by atoms with Crippen molar-refractivity contribution in [3.63, 3.8) is 0 Å². The third-order valence-corrected chi connectivity index (χ3v) is 4.21. The maximum absolute atomic E-state index is 11.8. The molecule has 0 saturated heterocycles. The number of thiophene rings is 1. The number of carbonyl (C=O) groups excluding carboxylic acids is 1. The molecule has 1 fully saturated rings. The van der Waals surface area contributed by atoms with Gasteiger partial charge < -0.3 is 4.74 Å². The molecular formula is C13H15N3O2S. The molecule has 0 amide bonds. The van der Waals surface area contributed by atoms with Crippen LogP contribution in [0.25, 0.3) is 0 Å². The Bertz CT molecular complexity index is 564. The average molecular weight is 277 g/mol. The van der Waals surface area contributed by atoms with Gasteiger partial charge in [-0.2, -0.15) is 0 Å². The van der Waals surface area contributed by atoms with Crippen LogP contribution in [0.1, 0.15) is 28.7 Å². The summed E-state index contributed by atoms with van der Waals surface area (Å²) in [4.78, 5) is 12.9. The number of carbonyl (C=O) groups is 1. The normalized spacial score (nSPS) is 21.3. The van der Waals surface area contributed by atoms with Crippen LogP contribution in [0.5, 0.6) is 0 Å². The molecule has 1 saturated carbocycles. The third kappa shape index (κ3) is 3.01. The molecule has 0 N–H and O–H groups in total. The predicted molar refractivity (Wildman–Crippen MR) is 71.0 cm³/mol. The van der Waals surface area contributed by atoms with Crippen LogP contribution >= 0.6 is 11.3 Å². The Morgan fingerprint density at radius 2 is 2.47 bits per heavy atom. The van der Waals surface area contributed by atoms with E-state index >= 15 is 0 Å². The Balaban J connectivity index is 1.56. The number of nitrogens with zero attached hydrogens (tertiary/aromatic N) is 3. The Kier molecular flexibility index (Phi) is 3.33. The van der Waals surface area contributed by atoms with Crippen molar-refractivity contribution in [2.24, 2.45) is 11.8 Å². The Hall–Kier alpha value is -1.69. The summed E-state index contributed by atoms with van der Waals surface area (Å²) in [7, 11) is 0. The summed E-state index contributed by atoms with van der Waals surface area (Å²) in [5, 5.41) is 9.81. The lowest BCUT2D eigenvalue weighted by Crippen LogP contribution is -2.08. The van der Waals surface area contributed by atoms with Crippen molar-refractivity contribution in [3.05, 3.63) is 34.3 Å². The summed E-state index contributed by atoms with van der Waals surface area (Å²) in [6.45, 7) is 3.30. The summed E-state index contributed by atoms with van der Waals surface area (Å²) in [6.07, 6.45) is 2.79. The lowest BCUT2D eigenvalue weighted by molar-refractivity contribution is 0.0474. The molecule has 0 bridgehead atoms. The van der Waals surface area contributed by atoms with Gasteiger partial charge in [-0.05, 0) is 29.7 Å². The van der Waals surface area contributed by atoms with Gasteiger partial charge in [-0.1, -0.05) is 18.2 Å². The Morgan fingerprint density at radius 1 is 1.63 bits per heavy atom. The predicted octanol–water partition coefficient (Wildman–Crippen LogP) is 2.20. The van der Waals surface area contributed by atoms with E-state index in [1.165, 1.54) is 4.88 Å². The highest BCUT2D eigenvalue weighted by molar-refractivity contribution is 7.09. The summed E-state index contributed by atoms with van der Waals surface area (Å²) in [5.74, 6) is 0.837. The van der Waals surface area contributed by atoms with Crippen LogP contribution < -0.4 is 0 Å². The fraction of sp³-hybridized carbons (Fsp3) is 0.462. The van der Waals surface area contributed by atoms with E-state index in [1.807, 2.05) is 17.5 Å². The summed E-state index contributed by atoms with van der Waals surface area (Å²) < 4.78 is 6.87. The minimum absolute atomic E-state index is 0.282. The zero-order chi connectivity index (χ0) is 13.2. The van der Waals surface area contributed by atoms with E-state index in [0.717, 1.165) is 6.42 Å². The highest BCUT2D eigenvalue weighted by atomic mass is 32.1.